The third-order valence-electron chi connectivity index (χ3n) is 4.14. The van der Waals surface area contributed by atoms with Gasteiger partial charge in [-0.3, -0.25) is 4.79 Å². The fourth-order valence-electron chi connectivity index (χ4n) is 2.81. The lowest BCUT2D eigenvalue weighted by Crippen LogP contribution is -2.45. The molecule has 0 fully saturated rings. The SMILES string of the molecule is COc1ccc(NC(=O)C2=C(C)NC(=S)NC2c2ccc(F)c(Br)c2)cc1. The van der Waals surface area contributed by atoms with Crippen molar-refractivity contribution in [1.82, 2.24) is 10.6 Å². The highest BCUT2D eigenvalue weighted by Gasteiger charge is 2.30. The highest BCUT2D eigenvalue weighted by atomic mass is 79.9. The molecule has 1 atom stereocenters. The molecule has 140 valence electrons. The first-order valence-corrected chi connectivity index (χ1v) is 9.28. The molecule has 0 aliphatic carbocycles. The molecule has 8 heteroatoms. The predicted molar refractivity (Wildman–Crippen MR) is 110 cm³/mol. The molecule has 1 unspecified atom stereocenters. The lowest BCUT2D eigenvalue weighted by atomic mass is 9.95. The van der Waals surface area contributed by atoms with Crippen LogP contribution in [0.4, 0.5) is 10.1 Å². The number of nitrogens with one attached hydrogen (secondary N) is 3. The quantitative estimate of drug-likeness (QED) is 0.615. The summed E-state index contributed by atoms with van der Waals surface area (Å²) in [5.74, 6) is 0.0367. The van der Waals surface area contributed by atoms with Gasteiger partial charge in [0.1, 0.15) is 11.6 Å². The number of anilines is 1. The highest BCUT2D eigenvalue weighted by molar-refractivity contribution is 9.10. The number of ether oxygens (including phenoxy) is 1. The first-order chi connectivity index (χ1) is 12.9. The minimum Gasteiger partial charge on any atom is -0.497 e. The number of allylic oxidation sites excluding steroid dienone is 1. The van der Waals surface area contributed by atoms with Crippen molar-refractivity contribution < 1.29 is 13.9 Å². The molecule has 3 N–H and O–H groups in total. The zero-order chi connectivity index (χ0) is 19.6. The van der Waals surface area contributed by atoms with E-state index < -0.39 is 6.04 Å². The number of benzene rings is 2. The van der Waals surface area contributed by atoms with Gasteiger partial charge in [0.05, 0.1) is 23.2 Å². The van der Waals surface area contributed by atoms with Crippen molar-refractivity contribution in [1.29, 1.82) is 0 Å². The summed E-state index contributed by atoms with van der Waals surface area (Å²) in [4.78, 5) is 13.0. The number of hydrogen-bond donors (Lipinski definition) is 3. The van der Waals surface area contributed by atoms with Crippen LogP contribution in [0, 0.1) is 5.82 Å². The van der Waals surface area contributed by atoms with E-state index in [-0.39, 0.29) is 11.7 Å². The van der Waals surface area contributed by atoms with Gasteiger partial charge in [-0.2, -0.15) is 0 Å². The summed E-state index contributed by atoms with van der Waals surface area (Å²) >= 11 is 8.42. The average Bonchev–Trinajstić information content (AvgIpc) is 2.63. The molecule has 1 aliphatic heterocycles. The Hall–Kier alpha value is -2.45. The number of hydrogen-bond acceptors (Lipinski definition) is 3. The Morgan fingerprint density at radius 2 is 1.96 bits per heavy atom. The van der Waals surface area contributed by atoms with E-state index in [2.05, 4.69) is 31.9 Å². The second-order valence-corrected chi connectivity index (χ2v) is 7.19. The van der Waals surface area contributed by atoms with Crippen molar-refractivity contribution in [2.24, 2.45) is 0 Å². The molecule has 1 amide bonds. The summed E-state index contributed by atoms with van der Waals surface area (Å²) in [6.45, 7) is 1.78. The van der Waals surface area contributed by atoms with Crippen LogP contribution in [0.25, 0.3) is 0 Å². The molecule has 0 radical (unpaired) electrons. The summed E-state index contributed by atoms with van der Waals surface area (Å²) in [5, 5.41) is 9.33. The molecule has 2 aromatic rings. The number of thiocarbonyl (C=S) groups is 1. The summed E-state index contributed by atoms with van der Waals surface area (Å²) in [6, 6.07) is 11.1. The van der Waals surface area contributed by atoms with E-state index in [4.69, 9.17) is 17.0 Å². The Kier molecular flexibility index (Phi) is 5.76. The molecule has 2 aromatic carbocycles. The van der Waals surface area contributed by atoms with Crippen LogP contribution in [0.15, 0.2) is 58.2 Å². The van der Waals surface area contributed by atoms with Crippen LogP contribution in [0.3, 0.4) is 0 Å². The van der Waals surface area contributed by atoms with Crippen LogP contribution in [0.5, 0.6) is 5.75 Å². The standard InChI is InChI=1S/C19H17BrFN3O2S/c1-10-16(18(25)23-12-4-6-13(26-2)7-5-12)17(24-19(27)22-10)11-3-8-15(21)14(20)9-11/h3-9,17H,1-2H3,(H,23,25)(H2,22,24,27). The van der Waals surface area contributed by atoms with Crippen LogP contribution in [-0.2, 0) is 4.79 Å². The van der Waals surface area contributed by atoms with Gasteiger partial charge in [0.2, 0.25) is 0 Å². The minimum atomic E-state index is -0.506. The van der Waals surface area contributed by atoms with E-state index in [0.29, 0.717) is 37.9 Å². The van der Waals surface area contributed by atoms with E-state index in [9.17, 15) is 9.18 Å². The van der Waals surface area contributed by atoms with Gasteiger partial charge in [0, 0.05) is 11.4 Å². The average molecular weight is 450 g/mol. The molecule has 27 heavy (non-hydrogen) atoms. The van der Waals surface area contributed by atoms with Gasteiger partial charge in [0.25, 0.3) is 5.91 Å². The van der Waals surface area contributed by atoms with Crippen LogP contribution in [0.2, 0.25) is 0 Å². The maximum absolute atomic E-state index is 13.6. The van der Waals surface area contributed by atoms with E-state index >= 15 is 0 Å². The largest absolute Gasteiger partial charge is 0.497 e. The van der Waals surface area contributed by atoms with Gasteiger partial charge < -0.3 is 20.7 Å². The molecule has 0 saturated carbocycles. The summed E-state index contributed by atoms with van der Waals surface area (Å²) < 4.78 is 19.1. The molecule has 3 rings (SSSR count). The smallest absolute Gasteiger partial charge is 0.255 e. The summed E-state index contributed by atoms with van der Waals surface area (Å²) in [5.41, 5.74) is 2.45. The zero-order valence-corrected chi connectivity index (χ0v) is 17.0. The fourth-order valence-corrected chi connectivity index (χ4v) is 3.48. The minimum absolute atomic E-state index is 0.286. The fraction of sp³-hybridized carbons (Fsp3) is 0.158. The molecule has 1 heterocycles. The summed E-state index contributed by atoms with van der Waals surface area (Å²) in [6.07, 6.45) is 0. The molecule has 0 bridgehead atoms. The Balaban J connectivity index is 1.92. The third-order valence-corrected chi connectivity index (χ3v) is 4.97. The normalized spacial score (nSPS) is 16.4. The van der Waals surface area contributed by atoms with E-state index in [1.54, 1.807) is 50.4 Å². The topological polar surface area (TPSA) is 62.4 Å². The van der Waals surface area contributed by atoms with Crippen LogP contribution in [0.1, 0.15) is 18.5 Å². The Bertz CT molecular complexity index is 931. The Morgan fingerprint density at radius 1 is 1.26 bits per heavy atom. The van der Waals surface area contributed by atoms with Gasteiger partial charge in [0.15, 0.2) is 5.11 Å². The number of amides is 1. The molecule has 0 aromatic heterocycles. The van der Waals surface area contributed by atoms with Gasteiger partial charge in [-0.1, -0.05) is 6.07 Å². The first kappa shape index (κ1) is 19.3. The molecule has 1 aliphatic rings. The van der Waals surface area contributed by atoms with Gasteiger partial charge >= 0.3 is 0 Å². The number of carbonyl (C=O) groups excluding carboxylic acids is 1. The molecule has 0 spiro atoms. The number of rotatable bonds is 4. The Morgan fingerprint density at radius 3 is 2.59 bits per heavy atom. The van der Waals surface area contributed by atoms with E-state index in [1.807, 2.05) is 0 Å². The summed E-state index contributed by atoms with van der Waals surface area (Å²) in [7, 11) is 1.58. The van der Waals surface area contributed by atoms with Crippen molar-refractivity contribution in [3.8, 4) is 5.75 Å². The molecular formula is C19H17BrFN3O2S. The Labute approximate surface area is 170 Å². The zero-order valence-electron chi connectivity index (χ0n) is 14.6. The number of methoxy groups -OCH3 is 1. The van der Waals surface area contributed by atoms with E-state index in [0.717, 1.165) is 0 Å². The van der Waals surface area contributed by atoms with Gasteiger partial charge in [-0.25, -0.2) is 4.39 Å². The second-order valence-electron chi connectivity index (χ2n) is 5.93. The second kappa shape index (κ2) is 8.06. The van der Waals surface area contributed by atoms with Crippen LogP contribution >= 0.6 is 28.1 Å². The van der Waals surface area contributed by atoms with Crippen molar-refractivity contribution in [2.45, 2.75) is 13.0 Å². The number of carbonyl (C=O) groups is 1. The monoisotopic (exact) mass is 449 g/mol. The lowest BCUT2D eigenvalue weighted by Gasteiger charge is -2.30. The van der Waals surface area contributed by atoms with Gasteiger partial charge in [-0.05, 0) is 77.0 Å². The van der Waals surface area contributed by atoms with Crippen molar-refractivity contribution >= 4 is 44.9 Å². The maximum atomic E-state index is 13.6. The van der Waals surface area contributed by atoms with Crippen LogP contribution < -0.4 is 20.7 Å². The van der Waals surface area contributed by atoms with Crippen molar-refractivity contribution in [3.63, 3.8) is 0 Å². The maximum Gasteiger partial charge on any atom is 0.255 e. The van der Waals surface area contributed by atoms with Gasteiger partial charge in [-0.15, -0.1) is 0 Å². The predicted octanol–water partition coefficient (Wildman–Crippen LogP) is 4.03. The highest BCUT2D eigenvalue weighted by Crippen LogP contribution is 2.30. The molecular weight excluding hydrogens is 433 g/mol. The third kappa shape index (κ3) is 4.28. The number of halogens is 2. The molecule has 0 saturated heterocycles. The van der Waals surface area contributed by atoms with E-state index in [1.165, 1.54) is 6.07 Å². The van der Waals surface area contributed by atoms with Crippen molar-refractivity contribution in [3.05, 3.63) is 69.6 Å². The first-order valence-electron chi connectivity index (χ1n) is 8.07. The lowest BCUT2D eigenvalue weighted by molar-refractivity contribution is -0.113. The van der Waals surface area contributed by atoms with Crippen LogP contribution in [-0.4, -0.2) is 18.1 Å². The van der Waals surface area contributed by atoms with Crippen molar-refractivity contribution in [2.75, 3.05) is 12.4 Å². The molecule has 5 nitrogen and oxygen atoms in total.